The molecule has 0 aliphatic rings. The fraction of sp³-hybridized carbons (Fsp3) is 0.227. The predicted molar refractivity (Wildman–Crippen MR) is 115 cm³/mol. The van der Waals surface area contributed by atoms with Gasteiger partial charge in [0, 0.05) is 5.39 Å². The van der Waals surface area contributed by atoms with Crippen molar-refractivity contribution in [3.8, 4) is 0 Å². The largest absolute Gasteiger partial charge is 0.465 e. The number of nitrogens with zero attached hydrogens (tertiary/aromatic N) is 2. The maximum atomic E-state index is 13.2. The molecule has 0 spiro atoms. The fourth-order valence-electron chi connectivity index (χ4n) is 3.35. The third-order valence-corrected chi connectivity index (χ3v) is 4.92. The van der Waals surface area contributed by atoms with Crippen LogP contribution < -0.4 is 5.43 Å². The number of hydrogen-bond donors (Lipinski definition) is 0. The highest BCUT2D eigenvalue weighted by Gasteiger charge is 2.23. The first kappa shape index (κ1) is 19.8. The number of esters is 1. The molecule has 1 aromatic heterocycles. The summed E-state index contributed by atoms with van der Waals surface area (Å²) < 4.78 is 8.54. The van der Waals surface area contributed by atoms with Crippen LogP contribution in [0.15, 0.2) is 41.7 Å². The van der Waals surface area contributed by atoms with Crippen LogP contribution in [0, 0.1) is 0 Å². The van der Waals surface area contributed by atoms with Gasteiger partial charge < -0.3 is 9.30 Å². The SMILES string of the molecule is C=C(C)c1ccc2c(=O)c3ccc(Cl)c([N+](=C)C)c3n(CC(=O)OCC)c2c1. The number of rotatable bonds is 5. The van der Waals surface area contributed by atoms with Crippen molar-refractivity contribution in [2.75, 3.05) is 13.7 Å². The number of carbonyl (C=O) groups is 1. The summed E-state index contributed by atoms with van der Waals surface area (Å²) in [5.74, 6) is -0.396. The number of hydrogen-bond acceptors (Lipinski definition) is 3. The van der Waals surface area contributed by atoms with Crippen molar-refractivity contribution in [2.45, 2.75) is 20.4 Å². The lowest BCUT2D eigenvalue weighted by molar-refractivity contribution is -0.393. The van der Waals surface area contributed by atoms with E-state index in [0.29, 0.717) is 32.5 Å². The van der Waals surface area contributed by atoms with Gasteiger partial charge in [-0.15, -0.1) is 0 Å². The first-order valence-corrected chi connectivity index (χ1v) is 9.28. The molecule has 0 unspecified atom stereocenters. The van der Waals surface area contributed by atoms with E-state index in [0.717, 1.165) is 11.1 Å². The molecule has 0 radical (unpaired) electrons. The second kappa shape index (κ2) is 7.60. The van der Waals surface area contributed by atoms with Gasteiger partial charge in [0.05, 0.1) is 17.5 Å². The predicted octanol–water partition coefficient (Wildman–Crippen LogP) is 4.38. The molecule has 144 valence electrons. The van der Waals surface area contributed by atoms with Crippen molar-refractivity contribution < 1.29 is 14.1 Å². The Morgan fingerprint density at radius 1 is 1.25 bits per heavy atom. The van der Waals surface area contributed by atoms with Crippen LogP contribution in [0.25, 0.3) is 27.4 Å². The molecule has 3 rings (SSSR count). The molecule has 5 nitrogen and oxygen atoms in total. The van der Waals surface area contributed by atoms with E-state index in [4.69, 9.17) is 16.3 Å². The fourth-order valence-corrected chi connectivity index (χ4v) is 3.65. The van der Waals surface area contributed by atoms with Crippen LogP contribution in [-0.2, 0) is 16.1 Å². The topological polar surface area (TPSA) is 51.3 Å². The third kappa shape index (κ3) is 3.34. The van der Waals surface area contributed by atoms with E-state index >= 15 is 0 Å². The van der Waals surface area contributed by atoms with E-state index in [2.05, 4.69) is 13.3 Å². The maximum absolute atomic E-state index is 13.2. The molecule has 0 fully saturated rings. The summed E-state index contributed by atoms with van der Waals surface area (Å²) in [6.07, 6.45) is 0. The van der Waals surface area contributed by atoms with E-state index in [9.17, 15) is 9.59 Å². The standard InChI is InChI=1S/C22H22ClN2O3/c1-6-28-19(26)12-25-18-11-14(13(2)3)7-8-15(18)22(27)16-9-10-17(23)21(20(16)25)24(4)5/h7-11H,2,4,6,12H2,1,3,5H3/q+1. The minimum atomic E-state index is -0.396. The molecular formula is C22H22ClN2O3+. The normalized spacial score (nSPS) is 11.0. The Kier molecular flexibility index (Phi) is 5.38. The van der Waals surface area contributed by atoms with Crippen LogP contribution in [-0.4, -0.2) is 35.5 Å². The summed E-state index contributed by atoms with van der Waals surface area (Å²) in [5.41, 5.74) is 3.36. The quantitative estimate of drug-likeness (QED) is 0.278. The number of pyridine rings is 1. The molecule has 0 bridgehead atoms. The smallest absolute Gasteiger partial charge is 0.325 e. The zero-order chi connectivity index (χ0) is 20.6. The van der Waals surface area contributed by atoms with Gasteiger partial charge in [0.2, 0.25) is 5.69 Å². The first-order chi connectivity index (χ1) is 13.3. The highest BCUT2D eigenvalue weighted by Crippen LogP contribution is 2.34. The second-order valence-electron chi connectivity index (χ2n) is 6.72. The lowest BCUT2D eigenvalue weighted by Crippen LogP contribution is -2.19. The zero-order valence-electron chi connectivity index (χ0n) is 16.2. The highest BCUT2D eigenvalue weighted by molar-refractivity contribution is 6.34. The first-order valence-electron chi connectivity index (χ1n) is 8.90. The van der Waals surface area contributed by atoms with Crippen molar-refractivity contribution in [3.63, 3.8) is 0 Å². The Bertz CT molecular complexity index is 1210. The summed E-state index contributed by atoms with van der Waals surface area (Å²) >= 11 is 6.43. The summed E-state index contributed by atoms with van der Waals surface area (Å²) in [4.78, 5) is 25.6. The van der Waals surface area contributed by atoms with Crippen LogP contribution in [0.3, 0.4) is 0 Å². The Labute approximate surface area is 168 Å². The number of fused-ring (bicyclic) bond motifs is 2. The van der Waals surface area contributed by atoms with Crippen LogP contribution >= 0.6 is 11.6 Å². The van der Waals surface area contributed by atoms with Gasteiger partial charge in [-0.3, -0.25) is 9.59 Å². The zero-order valence-corrected chi connectivity index (χ0v) is 17.0. The van der Waals surface area contributed by atoms with Gasteiger partial charge in [-0.2, -0.15) is 0 Å². The molecule has 0 atom stereocenters. The molecular weight excluding hydrogens is 376 g/mol. The molecule has 0 amide bonds. The summed E-state index contributed by atoms with van der Waals surface area (Å²) in [6.45, 7) is 11.8. The summed E-state index contributed by atoms with van der Waals surface area (Å²) in [5, 5.41) is 1.42. The van der Waals surface area contributed by atoms with Gasteiger partial charge in [-0.25, -0.2) is 4.58 Å². The van der Waals surface area contributed by atoms with Crippen LogP contribution in [0.4, 0.5) is 5.69 Å². The number of ether oxygens (including phenoxy) is 1. The Balaban J connectivity index is 2.56. The van der Waals surface area contributed by atoms with Gasteiger partial charge in [0.1, 0.15) is 30.8 Å². The molecule has 0 saturated carbocycles. The van der Waals surface area contributed by atoms with Crippen molar-refractivity contribution in [1.82, 2.24) is 4.57 Å². The molecule has 6 heteroatoms. The molecule has 1 heterocycles. The van der Waals surface area contributed by atoms with Gasteiger partial charge in [0.25, 0.3) is 0 Å². The minimum absolute atomic E-state index is 0.0536. The summed E-state index contributed by atoms with van der Waals surface area (Å²) in [6, 6.07) is 8.85. The lowest BCUT2D eigenvalue weighted by Gasteiger charge is -2.17. The van der Waals surface area contributed by atoms with E-state index in [-0.39, 0.29) is 18.6 Å². The Hall–Kier alpha value is -2.92. The highest BCUT2D eigenvalue weighted by atomic mass is 35.5. The molecule has 3 aromatic rings. The molecule has 0 aliphatic heterocycles. The Morgan fingerprint density at radius 3 is 2.54 bits per heavy atom. The van der Waals surface area contributed by atoms with Crippen LogP contribution in [0.2, 0.25) is 5.02 Å². The average molecular weight is 398 g/mol. The number of benzene rings is 2. The van der Waals surface area contributed by atoms with E-state index in [1.165, 1.54) is 0 Å². The van der Waals surface area contributed by atoms with E-state index in [1.54, 1.807) is 41.3 Å². The Morgan fingerprint density at radius 2 is 1.93 bits per heavy atom. The second-order valence-corrected chi connectivity index (χ2v) is 7.13. The van der Waals surface area contributed by atoms with E-state index in [1.807, 2.05) is 19.1 Å². The third-order valence-electron chi connectivity index (χ3n) is 4.62. The molecule has 2 aromatic carbocycles. The van der Waals surface area contributed by atoms with Gasteiger partial charge in [-0.1, -0.05) is 29.8 Å². The molecule has 28 heavy (non-hydrogen) atoms. The maximum Gasteiger partial charge on any atom is 0.325 e. The van der Waals surface area contributed by atoms with Crippen LogP contribution in [0.1, 0.15) is 19.4 Å². The van der Waals surface area contributed by atoms with Crippen LogP contribution in [0.5, 0.6) is 0 Å². The number of allylic oxidation sites excluding steroid dienone is 1. The molecule has 0 aliphatic carbocycles. The lowest BCUT2D eigenvalue weighted by atomic mass is 10.0. The van der Waals surface area contributed by atoms with Gasteiger partial charge in [-0.05, 0) is 43.7 Å². The number of aromatic nitrogens is 1. The monoisotopic (exact) mass is 397 g/mol. The van der Waals surface area contributed by atoms with Crippen molar-refractivity contribution >= 4 is 57.4 Å². The minimum Gasteiger partial charge on any atom is -0.465 e. The van der Waals surface area contributed by atoms with Gasteiger partial charge >= 0.3 is 5.97 Å². The van der Waals surface area contributed by atoms with Crippen molar-refractivity contribution in [2.24, 2.45) is 0 Å². The number of carbonyl (C=O) groups excluding carboxylic acids is 1. The average Bonchev–Trinajstić information content (AvgIpc) is 2.64. The van der Waals surface area contributed by atoms with Crippen molar-refractivity contribution in [1.29, 1.82) is 0 Å². The van der Waals surface area contributed by atoms with E-state index < -0.39 is 5.97 Å². The summed E-state index contributed by atoms with van der Waals surface area (Å²) in [7, 11) is 1.74. The van der Waals surface area contributed by atoms with Crippen molar-refractivity contribution in [3.05, 3.63) is 57.7 Å². The van der Waals surface area contributed by atoms with Gasteiger partial charge in [0.15, 0.2) is 5.43 Å². The number of halogens is 1. The molecule has 0 N–H and O–H groups in total. The molecule has 0 saturated heterocycles.